The van der Waals surface area contributed by atoms with Crippen LogP contribution in [0.15, 0.2) is 41.6 Å². The van der Waals surface area contributed by atoms with E-state index in [1.807, 2.05) is 29.8 Å². The molecule has 0 saturated heterocycles. The van der Waals surface area contributed by atoms with Crippen LogP contribution in [0.5, 0.6) is 5.75 Å². The number of ether oxygens (including phenoxy) is 1. The zero-order valence-electron chi connectivity index (χ0n) is 17.6. The van der Waals surface area contributed by atoms with Crippen molar-refractivity contribution in [2.24, 2.45) is 7.05 Å². The van der Waals surface area contributed by atoms with E-state index in [2.05, 4.69) is 40.6 Å². The first kappa shape index (κ1) is 20.7. The van der Waals surface area contributed by atoms with E-state index in [1.165, 1.54) is 41.8 Å². The molecule has 0 atom stereocenters. The Labute approximate surface area is 181 Å². The quantitative estimate of drug-likeness (QED) is 0.570. The molecule has 4 rings (SSSR count). The Morgan fingerprint density at radius 3 is 2.80 bits per heavy atom. The summed E-state index contributed by atoms with van der Waals surface area (Å²) in [6.45, 7) is 2.40. The number of carbonyl (C=O) groups excluding carboxylic acids is 1. The minimum absolute atomic E-state index is 0.0690. The summed E-state index contributed by atoms with van der Waals surface area (Å²) in [6.07, 6.45) is 5.89. The fourth-order valence-corrected chi connectivity index (χ4v) is 4.69. The van der Waals surface area contributed by atoms with Crippen LogP contribution >= 0.6 is 11.8 Å². The van der Waals surface area contributed by atoms with Crippen LogP contribution in [0.2, 0.25) is 0 Å². The summed E-state index contributed by atoms with van der Waals surface area (Å²) in [7, 11) is 1.91. The van der Waals surface area contributed by atoms with Crippen molar-refractivity contribution in [2.45, 2.75) is 56.8 Å². The molecule has 1 aliphatic rings. The van der Waals surface area contributed by atoms with Crippen molar-refractivity contribution >= 4 is 28.4 Å². The number of fused-ring (bicyclic) bond motifs is 1. The van der Waals surface area contributed by atoms with Crippen LogP contribution in [0, 0.1) is 6.92 Å². The highest BCUT2D eigenvalue weighted by atomic mass is 32.2. The fraction of sp³-hybridized carbons (Fsp3) is 0.435. The van der Waals surface area contributed by atoms with Crippen LogP contribution in [-0.4, -0.2) is 32.5 Å². The Kier molecular flexibility index (Phi) is 6.57. The molecule has 30 heavy (non-hydrogen) atoms. The molecule has 7 heteroatoms. The number of nitrogens with zero attached hydrogens (tertiary/aromatic N) is 3. The number of nitrogens with one attached hydrogen (secondary N) is 1. The lowest BCUT2D eigenvalue weighted by atomic mass is 9.95. The number of rotatable bonds is 7. The minimum Gasteiger partial charge on any atom is -0.485 e. The van der Waals surface area contributed by atoms with Crippen molar-refractivity contribution in [1.82, 2.24) is 20.1 Å². The maximum absolute atomic E-state index is 12.2. The van der Waals surface area contributed by atoms with Gasteiger partial charge in [-0.1, -0.05) is 61.4 Å². The summed E-state index contributed by atoms with van der Waals surface area (Å²) in [4.78, 5) is 12.2. The fourth-order valence-electron chi connectivity index (χ4n) is 3.95. The number of hydrogen-bond donors (Lipinski definition) is 1. The number of amides is 1. The third-order valence-corrected chi connectivity index (χ3v) is 6.75. The molecule has 3 aromatic rings. The van der Waals surface area contributed by atoms with Gasteiger partial charge in [-0.3, -0.25) is 4.79 Å². The van der Waals surface area contributed by atoms with Crippen molar-refractivity contribution in [1.29, 1.82) is 0 Å². The van der Waals surface area contributed by atoms with Gasteiger partial charge in [0.15, 0.2) is 11.0 Å². The van der Waals surface area contributed by atoms with Crippen molar-refractivity contribution in [3.63, 3.8) is 0 Å². The minimum atomic E-state index is 0.0690. The maximum atomic E-state index is 12.2. The lowest BCUT2D eigenvalue weighted by Crippen LogP contribution is -2.37. The Morgan fingerprint density at radius 1 is 1.17 bits per heavy atom. The summed E-state index contributed by atoms with van der Waals surface area (Å²) in [5.74, 6) is 2.00. The predicted molar refractivity (Wildman–Crippen MR) is 120 cm³/mol. The zero-order valence-corrected chi connectivity index (χ0v) is 18.4. The van der Waals surface area contributed by atoms with Gasteiger partial charge in [0.25, 0.3) is 0 Å². The average molecular weight is 425 g/mol. The molecule has 1 N–H and O–H groups in total. The predicted octanol–water partition coefficient (Wildman–Crippen LogP) is 4.40. The molecule has 1 fully saturated rings. The van der Waals surface area contributed by atoms with Crippen LogP contribution in [0.25, 0.3) is 10.8 Å². The number of thioether (sulfide) groups is 1. The standard InChI is InChI=1S/C23H28N4O2S/c1-16-19-11-7-6-8-17(19)12-13-20(16)29-14-21-25-26-23(27(21)2)30-15-22(28)24-18-9-4-3-5-10-18/h6-8,11-13,18H,3-5,9-10,14-15H2,1-2H3,(H,24,28). The summed E-state index contributed by atoms with van der Waals surface area (Å²) >= 11 is 1.41. The van der Waals surface area contributed by atoms with Gasteiger partial charge in [-0.15, -0.1) is 10.2 Å². The maximum Gasteiger partial charge on any atom is 0.230 e. The highest BCUT2D eigenvalue weighted by Crippen LogP contribution is 2.28. The van der Waals surface area contributed by atoms with E-state index in [1.54, 1.807) is 0 Å². The Morgan fingerprint density at radius 2 is 1.97 bits per heavy atom. The van der Waals surface area contributed by atoms with Crippen LogP contribution in [-0.2, 0) is 18.4 Å². The molecule has 1 aliphatic carbocycles. The first-order chi connectivity index (χ1) is 14.6. The third-order valence-electron chi connectivity index (χ3n) is 5.73. The zero-order chi connectivity index (χ0) is 20.9. The summed E-state index contributed by atoms with van der Waals surface area (Å²) in [6, 6.07) is 12.7. The van der Waals surface area contributed by atoms with Gasteiger partial charge in [-0.05, 0) is 42.2 Å². The highest BCUT2D eigenvalue weighted by Gasteiger charge is 2.17. The van der Waals surface area contributed by atoms with Gasteiger partial charge in [-0.25, -0.2) is 0 Å². The summed E-state index contributed by atoms with van der Waals surface area (Å²) in [5.41, 5.74) is 1.12. The van der Waals surface area contributed by atoms with Crippen LogP contribution in [0.4, 0.5) is 0 Å². The molecule has 0 aliphatic heterocycles. The van der Waals surface area contributed by atoms with Gasteiger partial charge in [0.1, 0.15) is 12.4 Å². The molecule has 2 aromatic carbocycles. The van der Waals surface area contributed by atoms with Crippen molar-refractivity contribution in [3.8, 4) is 5.75 Å². The topological polar surface area (TPSA) is 69.0 Å². The first-order valence-electron chi connectivity index (χ1n) is 10.5. The second-order valence-electron chi connectivity index (χ2n) is 7.85. The van der Waals surface area contributed by atoms with E-state index in [0.29, 0.717) is 18.4 Å². The molecule has 1 saturated carbocycles. The first-order valence-corrected chi connectivity index (χ1v) is 11.5. The molecule has 1 aromatic heterocycles. The molecular weight excluding hydrogens is 396 g/mol. The van der Waals surface area contributed by atoms with E-state index in [9.17, 15) is 4.79 Å². The molecule has 158 valence electrons. The molecule has 0 unspecified atom stereocenters. The number of aryl methyl sites for hydroxylation is 1. The van der Waals surface area contributed by atoms with Crippen LogP contribution in [0.3, 0.4) is 0 Å². The molecular formula is C23H28N4O2S. The van der Waals surface area contributed by atoms with E-state index in [-0.39, 0.29) is 5.91 Å². The van der Waals surface area contributed by atoms with Crippen LogP contribution in [0.1, 0.15) is 43.5 Å². The van der Waals surface area contributed by atoms with Gasteiger partial charge in [-0.2, -0.15) is 0 Å². The van der Waals surface area contributed by atoms with E-state index >= 15 is 0 Å². The number of aromatic nitrogens is 3. The molecule has 1 heterocycles. The van der Waals surface area contributed by atoms with E-state index in [4.69, 9.17) is 4.74 Å². The Bertz CT molecular complexity index is 1030. The Hall–Kier alpha value is -2.54. The highest BCUT2D eigenvalue weighted by molar-refractivity contribution is 7.99. The second-order valence-corrected chi connectivity index (χ2v) is 8.79. The number of carbonyl (C=O) groups is 1. The molecule has 0 radical (unpaired) electrons. The smallest absolute Gasteiger partial charge is 0.230 e. The van der Waals surface area contributed by atoms with Gasteiger partial charge >= 0.3 is 0 Å². The Balaban J connectivity index is 1.33. The largest absolute Gasteiger partial charge is 0.485 e. The van der Waals surface area contributed by atoms with E-state index < -0.39 is 0 Å². The normalized spacial score (nSPS) is 14.7. The molecule has 0 spiro atoms. The molecule has 6 nitrogen and oxygen atoms in total. The van der Waals surface area contributed by atoms with Crippen molar-refractivity contribution < 1.29 is 9.53 Å². The number of hydrogen-bond acceptors (Lipinski definition) is 5. The van der Waals surface area contributed by atoms with Gasteiger partial charge in [0.2, 0.25) is 5.91 Å². The van der Waals surface area contributed by atoms with Crippen molar-refractivity contribution in [3.05, 3.63) is 47.8 Å². The summed E-state index contributed by atoms with van der Waals surface area (Å²) < 4.78 is 7.94. The van der Waals surface area contributed by atoms with Gasteiger partial charge in [0.05, 0.1) is 5.75 Å². The SMILES string of the molecule is Cc1c(OCc2nnc(SCC(=O)NC3CCCCC3)n2C)ccc2ccccc12. The summed E-state index contributed by atoms with van der Waals surface area (Å²) in [5, 5.41) is 14.7. The van der Waals surface area contributed by atoms with E-state index in [0.717, 1.165) is 35.1 Å². The molecule has 1 amide bonds. The number of benzene rings is 2. The second kappa shape index (κ2) is 9.51. The molecule has 0 bridgehead atoms. The van der Waals surface area contributed by atoms with Gasteiger partial charge in [0, 0.05) is 13.1 Å². The third kappa shape index (κ3) is 4.78. The lowest BCUT2D eigenvalue weighted by Gasteiger charge is -2.22. The van der Waals surface area contributed by atoms with Crippen molar-refractivity contribution in [2.75, 3.05) is 5.75 Å². The van der Waals surface area contributed by atoms with Gasteiger partial charge < -0.3 is 14.6 Å². The van der Waals surface area contributed by atoms with Crippen LogP contribution < -0.4 is 10.1 Å². The average Bonchev–Trinajstić information content (AvgIpc) is 3.12. The monoisotopic (exact) mass is 424 g/mol. The lowest BCUT2D eigenvalue weighted by molar-refractivity contribution is -0.119.